The van der Waals surface area contributed by atoms with Crippen LogP contribution in [0, 0.1) is 5.92 Å². The zero-order valence-electron chi connectivity index (χ0n) is 8.46. The lowest BCUT2D eigenvalue weighted by Crippen LogP contribution is -2.27. The Kier molecular flexibility index (Phi) is 2.00. The summed E-state index contributed by atoms with van der Waals surface area (Å²) in [7, 11) is 0. The second-order valence-electron chi connectivity index (χ2n) is 3.97. The molecule has 0 unspecified atom stereocenters. The molecule has 2 nitrogen and oxygen atoms in total. The number of nitrogens with one attached hydrogen (secondary N) is 1. The van der Waals surface area contributed by atoms with Crippen LogP contribution in [0.2, 0.25) is 0 Å². The van der Waals surface area contributed by atoms with Gasteiger partial charge >= 0.3 is 0 Å². The molecular weight excluding hydrogens is 160 g/mol. The van der Waals surface area contributed by atoms with Crippen molar-refractivity contribution >= 4 is 0 Å². The van der Waals surface area contributed by atoms with E-state index in [0.29, 0.717) is 5.92 Å². The molecule has 2 aliphatic rings. The lowest BCUT2D eigenvalue weighted by atomic mass is 10.0. The lowest BCUT2D eigenvalue weighted by Gasteiger charge is -2.19. The van der Waals surface area contributed by atoms with E-state index in [1.54, 1.807) is 0 Å². The first-order valence-corrected chi connectivity index (χ1v) is 4.81. The number of hydrazine groups is 1. The molecule has 70 valence electrons. The third kappa shape index (κ3) is 1.42. The second-order valence-corrected chi connectivity index (χ2v) is 3.97. The van der Waals surface area contributed by atoms with Crippen LogP contribution in [0.3, 0.4) is 0 Å². The van der Waals surface area contributed by atoms with E-state index in [1.165, 1.54) is 16.8 Å². The molecule has 0 fully saturated rings. The van der Waals surface area contributed by atoms with Gasteiger partial charge in [0.25, 0.3) is 0 Å². The quantitative estimate of drug-likeness (QED) is 0.659. The summed E-state index contributed by atoms with van der Waals surface area (Å²) in [4.78, 5) is 0. The molecule has 0 saturated carbocycles. The van der Waals surface area contributed by atoms with Crippen molar-refractivity contribution in [1.82, 2.24) is 10.4 Å². The molecule has 0 aliphatic carbocycles. The Morgan fingerprint density at radius 1 is 1.46 bits per heavy atom. The van der Waals surface area contributed by atoms with Crippen LogP contribution in [0.15, 0.2) is 35.2 Å². The molecule has 2 heterocycles. The highest BCUT2D eigenvalue weighted by molar-refractivity contribution is 5.39. The van der Waals surface area contributed by atoms with Crippen LogP contribution in [-0.2, 0) is 0 Å². The Hall–Kier alpha value is -1.02. The fourth-order valence-corrected chi connectivity index (χ4v) is 1.75. The minimum atomic E-state index is 0.628. The standard InChI is InChI=1S/C11H16N2/c1-8(2)10-7-12-13-5-4-9(3)6-11(10)13/h4-6,8,12H,7H2,1-3H3. The third-order valence-corrected chi connectivity index (χ3v) is 2.58. The van der Waals surface area contributed by atoms with Crippen molar-refractivity contribution < 1.29 is 0 Å². The van der Waals surface area contributed by atoms with Crippen LogP contribution >= 0.6 is 0 Å². The minimum absolute atomic E-state index is 0.628. The SMILES string of the molecule is CC1=CC2=C(C(C)C)CNN2C=C1. The summed E-state index contributed by atoms with van der Waals surface area (Å²) < 4.78 is 0. The van der Waals surface area contributed by atoms with E-state index < -0.39 is 0 Å². The fraction of sp³-hybridized carbons (Fsp3) is 0.455. The van der Waals surface area contributed by atoms with E-state index in [4.69, 9.17) is 0 Å². The predicted octanol–water partition coefficient (Wildman–Crippen LogP) is 2.19. The van der Waals surface area contributed by atoms with Gasteiger partial charge in [0.15, 0.2) is 0 Å². The normalized spacial score (nSPS) is 21.2. The number of rotatable bonds is 1. The van der Waals surface area contributed by atoms with E-state index >= 15 is 0 Å². The third-order valence-electron chi connectivity index (χ3n) is 2.58. The first-order valence-electron chi connectivity index (χ1n) is 4.81. The molecule has 0 spiro atoms. The number of nitrogens with zero attached hydrogens (tertiary/aromatic N) is 1. The number of fused-ring (bicyclic) bond motifs is 1. The summed E-state index contributed by atoms with van der Waals surface area (Å²) >= 11 is 0. The summed E-state index contributed by atoms with van der Waals surface area (Å²) in [5.74, 6) is 0.628. The molecule has 0 aromatic rings. The molecule has 0 atom stereocenters. The van der Waals surface area contributed by atoms with Gasteiger partial charge in [-0.3, -0.25) is 5.01 Å². The van der Waals surface area contributed by atoms with E-state index in [-0.39, 0.29) is 0 Å². The van der Waals surface area contributed by atoms with Gasteiger partial charge in [0.05, 0.1) is 5.70 Å². The maximum absolute atomic E-state index is 3.34. The Labute approximate surface area is 79.6 Å². The Balaban J connectivity index is 2.38. The summed E-state index contributed by atoms with van der Waals surface area (Å²) in [5.41, 5.74) is 7.51. The molecule has 0 amide bonds. The average Bonchev–Trinajstić information content (AvgIpc) is 2.46. The zero-order chi connectivity index (χ0) is 9.42. The molecule has 2 heteroatoms. The lowest BCUT2D eigenvalue weighted by molar-refractivity contribution is 0.394. The highest BCUT2D eigenvalue weighted by Gasteiger charge is 2.22. The van der Waals surface area contributed by atoms with Crippen LogP contribution in [-0.4, -0.2) is 11.6 Å². The molecular formula is C11H16N2. The average molecular weight is 176 g/mol. The van der Waals surface area contributed by atoms with Gasteiger partial charge in [0, 0.05) is 12.7 Å². The van der Waals surface area contributed by atoms with Gasteiger partial charge in [-0.05, 0) is 36.1 Å². The van der Waals surface area contributed by atoms with Gasteiger partial charge in [-0.1, -0.05) is 13.8 Å². The Morgan fingerprint density at radius 2 is 2.23 bits per heavy atom. The van der Waals surface area contributed by atoms with E-state index in [9.17, 15) is 0 Å². The second kappa shape index (κ2) is 3.04. The molecule has 0 radical (unpaired) electrons. The number of hydrogen-bond acceptors (Lipinski definition) is 2. The highest BCUT2D eigenvalue weighted by Crippen LogP contribution is 2.26. The number of hydrogen-bond donors (Lipinski definition) is 1. The van der Waals surface area contributed by atoms with Crippen molar-refractivity contribution in [2.45, 2.75) is 20.8 Å². The van der Waals surface area contributed by atoms with Crippen molar-refractivity contribution in [1.29, 1.82) is 0 Å². The van der Waals surface area contributed by atoms with Crippen LogP contribution in [0.4, 0.5) is 0 Å². The molecule has 2 aliphatic heterocycles. The van der Waals surface area contributed by atoms with Crippen LogP contribution in [0.25, 0.3) is 0 Å². The van der Waals surface area contributed by atoms with E-state index in [2.05, 4.69) is 49.6 Å². The van der Waals surface area contributed by atoms with E-state index in [1.807, 2.05) is 0 Å². The predicted molar refractivity (Wildman–Crippen MR) is 54.6 cm³/mol. The summed E-state index contributed by atoms with van der Waals surface area (Å²) in [6.45, 7) is 7.61. The maximum atomic E-state index is 3.34. The Morgan fingerprint density at radius 3 is 2.92 bits per heavy atom. The Bertz CT molecular complexity index is 308. The monoisotopic (exact) mass is 176 g/mol. The van der Waals surface area contributed by atoms with Crippen molar-refractivity contribution in [2.24, 2.45) is 5.92 Å². The van der Waals surface area contributed by atoms with Gasteiger partial charge in [0.2, 0.25) is 0 Å². The molecule has 0 aromatic heterocycles. The largest absolute Gasteiger partial charge is 0.284 e. The van der Waals surface area contributed by atoms with Crippen molar-refractivity contribution in [2.75, 3.05) is 6.54 Å². The first-order chi connectivity index (χ1) is 6.18. The van der Waals surface area contributed by atoms with Gasteiger partial charge in [-0.15, -0.1) is 0 Å². The van der Waals surface area contributed by atoms with E-state index in [0.717, 1.165) is 6.54 Å². The summed E-state index contributed by atoms with van der Waals surface area (Å²) in [6, 6.07) is 0. The topological polar surface area (TPSA) is 15.3 Å². The van der Waals surface area contributed by atoms with Gasteiger partial charge in [0.1, 0.15) is 0 Å². The number of allylic oxidation sites excluding steroid dienone is 3. The summed E-state index contributed by atoms with van der Waals surface area (Å²) in [5, 5.41) is 2.11. The molecule has 13 heavy (non-hydrogen) atoms. The molecule has 1 N–H and O–H groups in total. The molecule has 0 aromatic carbocycles. The fourth-order valence-electron chi connectivity index (χ4n) is 1.75. The van der Waals surface area contributed by atoms with Gasteiger partial charge < -0.3 is 0 Å². The van der Waals surface area contributed by atoms with Crippen LogP contribution in [0.5, 0.6) is 0 Å². The van der Waals surface area contributed by atoms with Crippen molar-refractivity contribution in [3.63, 3.8) is 0 Å². The maximum Gasteiger partial charge on any atom is 0.0581 e. The first kappa shape index (κ1) is 8.57. The van der Waals surface area contributed by atoms with Crippen LogP contribution in [0.1, 0.15) is 20.8 Å². The van der Waals surface area contributed by atoms with Crippen molar-refractivity contribution in [3.8, 4) is 0 Å². The van der Waals surface area contributed by atoms with Crippen molar-refractivity contribution in [3.05, 3.63) is 35.2 Å². The van der Waals surface area contributed by atoms with Gasteiger partial charge in [-0.25, -0.2) is 5.43 Å². The molecule has 2 rings (SSSR count). The van der Waals surface area contributed by atoms with Gasteiger partial charge in [-0.2, -0.15) is 0 Å². The smallest absolute Gasteiger partial charge is 0.0581 e. The summed E-state index contributed by atoms with van der Waals surface area (Å²) in [6.07, 6.45) is 6.47. The zero-order valence-corrected chi connectivity index (χ0v) is 8.46. The highest BCUT2D eigenvalue weighted by atomic mass is 15.5. The molecule has 0 bridgehead atoms. The van der Waals surface area contributed by atoms with Crippen LogP contribution < -0.4 is 5.43 Å². The molecule has 0 saturated heterocycles. The minimum Gasteiger partial charge on any atom is -0.284 e.